The molecule has 0 unspecified atom stereocenters. The molecule has 6 aromatic carbocycles. The van der Waals surface area contributed by atoms with Crippen LogP contribution in [0.25, 0.3) is 33.0 Å². The van der Waals surface area contributed by atoms with Crippen molar-refractivity contribution in [1.29, 1.82) is 0 Å². The summed E-state index contributed by atoms with van der Waals surface area (Å²) in [6, 6.07) is 8.78. The Labute approximate surface area is 291 Å². The van der Waals surface area contributed by atoms with Crippen molar-refractivity contribution in [2.24, 2.45) is 0 Å². The zero-order chi connectivity index (χ0) is 38.9. The average Bonchev–Trinajstić information content (AvgIpc) is 3.64. The molecule has 0 heterocycles. The standard InChI is InChI=1S/C36H10BF15O2/c38-15-7-6-13-17(23(15)40)24(41)31(48)33(50)35(13)54-37(53-34-14-9-10-3-1-2-4-11(10)12(14)5-8-16(34)39)22-20-18(25(42)29(46)28(22)45)19-21(36(20,51)52)27(44)32(49)30(47)26(19)43/h1-8H,9H2. The number of rotatable bonds is 5. The van der Waals surface area contributed by atoms with Crippen LogP contribution >= 0.6 is 0 Å². The number of halogens is 15. The van der Waals surface area contributed by atoms with E-state index < -0.39 is 139 Å². The SMILES string of the molecule is Fc1ccc2c(c1OB(Oc1c(F)c(F)c(F)c3c(F)c(F)ccc13)c1c(F)c(F)c(F)c3c1C(F)(F)c1c(F)c(F)c(F)c(F)c1-3)Cc1ccccc1-2. The third-order valence-corrected chi connectivity index (χ3v) is 9.22. The van der Waals surface area contributed by atoms with Crippen LogP contribution in [-0.2, 0) is 12.3 Å². The van der Waals surface area contributed by atoms with Crippen molar-refractivity contribution in [2.45, 2.75) is 12.3 Å². The smallest absolute Gasteiger partial charge is 0.519 e. The van der Waals surface area contributed by atoms with E-state index in [1.54, 1.807) is 24.3 Å². The van der Waals surface area contributed by atoms with Crippen LogP contribution in [0, 0.1) is 75.6 Å². The van der Waals surface area contributed by atoms with Gasteiger partial charge in [-0.3, -0.25) is 0 Å². The van der Waals surface area contributed by atoms with Gasteiger partial charge in [0, 0.05) is 34.1 Å². The Balaban J connectivity index is 1.45. The van der Waals surface area contributed by atoms with Gasteiger partial charge in [0.1, 0.15) is 11.5 Å². The minimum Gasteiger partial charge on any atom is -0.519 e. The lowest BCUT2D eigenvalue weighted by Crippen LogP contribution is -2.49. The van der Waals surface area contributed by atoms with Crippen molar-refractivity contribution in [3.8, 4) is 33.8 Å². The molecule has 0 radical (unpaired) electrons. The summed E-state index contributed by atoms with van der Waals surface area (Å²) in [6.45, 7) is 0. The molecule has 8 rings (SSSR count). The highest BCUT2D eigenvalue weighted by Gasteiger charge is 2.57. The fourth-order valence-corrected chi connectivity index (χ4v) is 6.88. The Hall–Kier alpha value is -5.81. The molecule has 54 heavy (non-hydrogen) atoms. The molecule has 0 fully saturated rings. The third kappa shape index (κ3) is 4.60. The van der Waals surface area contributed by atoms with Crippen LogP contribution in [0.4, 0.5) is 65.9 Å². The number of fused-ring (bicyclic) bond motifs is 7. The molecule has 0 atom stereocenters. The van der Waals surface area contributed by atoms with E-state index >= 15 is 35.1 Å². The predicted octanol–water partition coefficient (Wildman–Crippen LogP) is 10.2. The minimum absolute atomic E-state index is 0.163. The molecule has 0 aliphatic heterocycles. The van der Waals surface area contributed by atoms with Crippen LogP contribution in [0.5, 0.6) is 11.5 Å². The first-order valence-corrected chi connectivity index (χ1v) is 15.1. The van der Waals surface area contributed by atoms with Crippen molar-refractivity contribution in [3.05, 3.63) is 146 Å². The Morgan fingerprint density at radius 1 is 0.481 bits per heavy atom. The predicted molar refractivity (Wildman–Crippen MR) is 160 cm³/mol. The first-order chi connectivity index (χ1) is 25.5. The lowest BCUT2D eigenvalue weighted by molar-refractivity contribution is 0.0433. The summed E-state index contributed by atoms with van der Waals surface area (Å²) in [4.78, 5) is 0. The van der Waals surface area contributed by atoms with Crippen LogP contribution in [-0.4, -0.2) is 7.12 Å². The van der Waals surface area contributed by atoms with E-state index in [2.05, 4.69) is 0 Å². The molecule has 2 aliphatic carbocycles. The zero-order valence-electron chi connectivity index (χ0n) is 25.9. The van der Waals surface area contributed by atoms with Gasteiger partial charge in [0.25, 0.3) is 0 Å². The second-order valence-corrected chi connectivity index (χ2v) is 12.0. The first kappa shape index (κ1) is 35.2. The Morgan fingerprint density at radius 2 is 1.06 bits per heavy atom. The summed E-state index contributed by atoms with van der Waals surface area (Å²) in [6.07, 6.45) is -0.229. The summed E-state index contributed by atoms with van der Waals surface area (Å²) in [5, 5.41) is -2.92. The van der Waals surface area contributed by atoms with Gasteiger partial charge in [-0.25, -0.2) is 52.7 Å². The molecule has 0 aromatic heterocycles. The van der Waals surface area contributed by atoms with Gasteiger partial charge in [0.05, 0.1) is 16.4 Å². The van der Waals surface area contributed by atoms with Crippen LogP contribution < -0.4 is 14.8 Å². The topological polar surface area (TPSA) is 18.5 Å². The molecule has 2 aliphatic rings. The van der Waals surface area contributed by atoms with Crippen molar-refractivity contribution < 1.29 is 75.2 Å². The van der Waals surface area contributed by atoms with Gasteiger partial charge in [-0.1, -0.05) is 30.3 Å². The number of hydrogen-bond acceptors (Lipinski definition) is 2. The average molecular weight is 770 g/mol. The number of hydrogen-bond donors (Lipinski definition) is 0. The second-order valence-electron chi connectivity index (χ2n) is 12.0. The van der Waals surface area contributed by atoms with E-state index in [0.717, 1.165) is 6.07 Å². The highest BCUT2D eigenvalue weighted by molar-refractivity contribution is 6.64. The van der Waals surface area contributed by atoms with Crippen LogP contribution in [0.15, 0.2) is 48.5 Å². The summed E-state index contributed by atoms with van der Waals surface area (Å²) in [5.74, 6) is -40.5. The summed E-state index contributed by atoms with van der Waals surface area (Å²) < 4.78 is 239. The summed E-state index contributed by atoms with van der Waals surface area (Å²) in [7, 11) is -3.38. The molecule has 6 aromatic rings. The molecular formula is C36H10BF15O2. The fourth-order valence-electron chi connectivity index (χ4n) is 6.88. The zero-order valence-corrected chi connectivity index (χ0v) is 25.9. The quantitative estimate of drug-likeness (QED) is 0.0752. The molecule has 0 amide bonds. The van der Waals surface area contributed by atoms with E-state index in [1.807, 2.05) is 0 Å². The van der Waals surface area contributed by atoms with E-state index in [4.69, 9.17) is 9.31 Å². The molecule has 0 saturated heterocycles. The van der Waals surface area contributed by atoms with E-state index in [9.17, 15) is 30.7 Å². The molecule has 0 bridgehead atoms. The normalized spacial score (nSPS) is 13.5. The Kier molecular flexibility index (Phi) is 7.73. The van der Waals surface area contributed by atoms with Gasteiger partial charge < -0.3 is 9.31 Å². The molecule has 18 heteroatoms. The van der Waals surface area contributed by atoms with Gasteiger partial charge in [-0.05, 0) is 34.9 Å². The minimum atomic E-state index is -5.38. The number of alkyl halides is 2. The lowest BCUT2D eigenvalue weighted by atomic mass is 9.72. The lowest BCUT2D eigenvalue weighted by Gasteiger charge is -2.25. The maximum absolute atomic E-state index is 16.3. The van der Waals surface area contributed by atoms with E-state index in [0.29, 0.717) is 17.2 Å². The Bertz CT molecular complexity index is 2680. The maximum atomic E-state index is 16.3. The molecule has 0 N–H and O–H groups in total. The number of benzene rings is 6. The van der Waals surface area contributed by atoms with Crippen LogP contribution in [0.1, 0.15) is 22.3 Å². The highest BCUT2D eigenvalue weighted by Crippen LogP contribution is 2.55. The fraction of sp³-hybridized carbons (Fsp3) is 0.0556. The van der Waals surface area contributed by atoms with Crippen molar-refractivity contribution in [1.82, 2.24) is 0 Å². The van der Waals surface area contributed by atoms with Gasteiger partial charge in [0.2, 0.25) is 5.82 Å². The first-order valence-electron chi connectivity index (χ1n) is 15.1. The monoisotopic (exact) mass is 770 g/mol. The van der Waals surface area contributed by atoms with Gasteiger partial charge in [-0.2, -0.15) is 13.2 Å². The van der Waals surface area contributed by atoms with Crippen LogP contribution in [0.2, 0.25) is 0 Å². The molecule has 274 valence electrons. The largest absolute Gasteiger partial charge is 0.636 e. The molecule has 0 spiro atoms. The van der Waals surface area contributed by atoms with Gasteiger partial charge in [-0.15, -0.1) is 0 Å². The highest BCUT2D eigenvalue weighted by atomic mass is 19.3. The van der Waals surface area contributed by atoms with E-state index in [-0.39, 0.29) is 23.6 Å². The molecule has 2 nitrogen and oxygen atoms in total. The molecule has 0 saturated carbocycles. The van der Waals surface area contributed by atoms with Crippen molar-refractivity contribution in [2.75, 3.05) is 0 Å². The van der Waals surface area contributed by atoms with Crippen molar-refractivity contribution >= 4 is 23.4 Å². The van der Waals surface area contributed by atoms with Crippen LogP contribution in [0.3, 0.4) is 0 Å². The van der Waals surface area contributed by atoms with E-state index in [1.165, 1.54) is 6.07 Å². The maximum Gasteiger partial charge on any atom is 0.636 e. The Morgan fingerprint density at radius 3 is 1.76 bits per heavy atom. The summed E-state index contributed by atoms with van der Waals surface area (Å²) >= 11 is 0. The third-order valence-electron chi connectivity index (χ3n) is 9.22. The van der Waals surface area contributed by atoms with Crippen molar-refractivity contribution in [3.63, 3.8) is 0 Å². The summed E-state index contributed by atoms with van der Waals surface area (Å²) in [5.41, 5.74) is -10.3. The molecular weight excluding hydrogens is 760 g/mol. The van der Waals surface area contributed by atoms with Gasteiger partial charge in [0.15, 0.2) is 69.8 Å². The van der Waals surface area contributed by atoms with Gasteiger partial charge >= 0.3 is 13.0 Å². The second kappa shape index (κ2) is 11.8.